The molecule has 0 spiro atoms. The topological polar surface area (TPSA) is 84.5 Å². The van der Waals surface area contributed by atoms with E-state index in [0.29, 0.717) is 10.6 Å². The molecule has 0 saturated carbocycles. The number of carbonyl (C=O) groups excluding carboxylic acids is 3. The molecule has 2 N–H and O–H groups in total. The third-order valence-electron chi connectivity index (χ3n) is 2.38. The summed E-state index contributed by atoms with van der Waals surface area (Å²) in [5.41, 5.74) is -0.0191. The van der Waals surface area contributed by atoms with Crippen molar-refractivity contribution in [3.05, 3.63) is 34.9 Å². The van der Waals surface area contributed by atoms with E-state index in [1.54, 1.807) is 24.3 Å². The lowest BCUT2D eigenvalue weighted by Crippen LogP contribution is -2.43. The van der Waals surface area contributed by atoms with Gasteiger partial charge in [0.05, 0.1) is 0 Å². The normalized spacial score (nSPS) is 10.7. The van der Waals surface area contributed by atoms with Crippen LogP contribution in [0.5, 0.6) is 0 Å². The fraction of sp³-hybridized carbons (Fsp3) is 0.400. The first-order chi connectivity index (χ1) is 10.2. The Labute approximate surface area is 134 Å². The number of carbonyl (C=O) groups is 3. The van der Waals surface area contributed by atoms with Gasteiger partial charge in [0.15, 0.2) is 6.61 Å². The SMILES string of the molecule is CC(C)(C)NC(=O)COC(=O)CNC(=O)c1ccc(Cl)cc1. The zero-order valence-electron chi connectivity index (χ0n) is 12.7. The van der Waals surface area contributed by atoms with Crippen molar-refractivity contribution in [3.63, 3.8) is 0 Å². The summed E-state index contributed by atoms with van der Waals surface area (Å²) in [6.07, 6.45) is 0. The van der Waals surface area contributed by atoms with Crippen LogP contribution in [0, 0.1) is 0 Å². The number of rotatable bonds is 5. The lowest BCUT2D eigenvalue weighted by atomic mass is 10.1. The second-order valence-electron chi connectivity index (χ2n) is 5.65. The number of ether oxygens (including phenoxy) is 1. The largest absolute Gasteiger partial charge is 0.454 e. The molecule has 0 aliphatic heterocycles. The molecule has 0 aromatic heterocycles. The van der Waals surface area contributed by atoms with Crippen molar-refractivity contribution in [2.45, 2.75) is 26.3 Å². The van der Waals surface area contributed by atoms with E-state index in [9.17, 15) is 14.4 Å². The molecule has 1 rings (SSSR count). The number of benzene rings is 1. The molecule has 0 aliphatic carbocycles. The minimum Gasteiger partial charge on any atom is -0.454 e. The molecule has 2 amide bonds. The number of hydrogen-bond acceptors (Lipinski definition) is 4. The first kappa shape index (κ1) is 18.0. The van der Waals surface area contributed by atoms with Gasteiger partial charge in [-0.3, -0.25) is 14.4 Å². The Morgan fingerprint density at radius 3 is 2.27 bits per heavy atom. The number of hydrogen-bond donors (Lipinski definition) is 2. The van der Waals surface area contributed by atoms with Crippen molar-refractivity contribution in [3.8, 4) is 0 Å². The maximum Gasteiger partial charge on any atom is 0.325 e. The highest BCUT2D eigenvalue weighted by Crippen LogP contribution is 2.09. The lowest BCUT2D eigenvalue weighted by molar-refractivity contribution is -0.147. The zero-order chi connectivity index (χ0) is 16.8. The van der Waals surface area contributed by atoms with Crippen molar-refractivity contribution >= 4 is 29.4 Å². The fourth-order valence-electron chi connectivity index (χ4n) is 1.51. The third kappa shape index (κ3) is 7.08. The molecule has 0 aliphatic rings. The second-order valence-corrected chi connectivity index (χ2v) is 6.08. The van der Waals surface area contributed by atoms with Crippen LogP contribution >= 0.6 is 11.6 Å². The molecule has 0 atom stereocenters. The molecule has 1 aromatic carbocycles. The van der Waals surface area contributed by atoms with Crippen LogP contribution in [0.15, 0.2) is 24.3 Å². The Balaban J connectivity index is 2.32. The molecule has 22 heavy (non-hydrogen) atoms. The van der Waals surface area contributed by atoms with Crippen LogP contribution in [0.4, 0.5) is 0 Å². The molecule has 6 nitrogen and oxygen atoms in total. The van der Waals surface area contributed by atoms with Crippen LogP contribution in [0.3, 0.4) is 0 Å². The molecule has 0 bridgehead atoms. The van der Waals surface area contributed by atoms with Gasteiger partial charge in [0, 0.05) is 16.1 Å². The Hall–Kier alpha value is -2.08. The maximum absolute atomic E-state index is 11.7. The first-order valence-electron chi connectivity index (χ1n) is 6.68. The Morgan fingerprint density at radius 1 is 1.14 bits per heavy atom. The highest BCUT2D eigenvalue weighted by atomic mass is 35.5. The first-order valence-corrected chi connectivity index (χ1v) is 7.05. The molecule has 1 aromatic rings. The minimum absolute atomic E-state index is 0.315. The van der Waals surface area contributed by atoms with Crippen LogP contribution in [-0.4, -0.2) is 36.5 Å². The maximum atomic E-state index is 11.7. The van der Waals surface area contributed by atoms with E-state index in [2.05, 4.69) is 10.6 Å². The van der Waals surface area contributed by atoms with E-state index in [4.69, 9.17) is 16.3 Å². The summed E-state index contributed by atoms with van der Waals surface area (Å²) >= 11 is 5.72. The standard InChI is InChI=1S/C15H19ClN2O4/c1-15(2,3)18-12(19)9-22-13(20)8-17-14(21)10-4-6-11(16)7-5-10/h4-7H,8-9H2,1-3H3,(H,17,21)(H,18,19). The summed E-state index contributed by atoms with van der Waals surface area (Å²) in [7, 11) is 0. The molecule has 7 heteroatoms. The van der Waals surface area contributed by atoms with Crippen LogP contribution in [-0.2, 0) is 14.3 Å². The Bertz CT molecular complexity index is 550. The molecule has 0 unspecified atom stereocenters. The van der Waals surface area contributed by atoms with Gasteiger partial charge in [-0.2, -0.15) is 0 Å². The summed E-state index contributed by atoms with van der Waals surface area (Å²) in [4.78, 5) is 34.7. The monoisotopic (exact) mass is 326 g/mol. The van der Waals surface area contributed by atoms with Gasteiger partial charge < -0.3 is 15.4 Å². The second kappa shape index (κ2) is 7.79. The van der Waals surface area contributed by atoms with E-state index >= 15 is 0 Å². The molecule has 0 saturated heterocycles. The van der Waals surface area contributed by atoms with Gasteiger partial charge in [0.25, 0.3) is 11.8 Å². The molecular formula is C15H19ClN2O4. The van der Waals surface area contributed by atoms with Gasteiger partial charge in [-0.15, -0.1) is 0 Å². The number of esters is 1. The Morgan fingerprint density at radius 2 is 1.73 bits per heavy atom. The van der Waals surface area contributed by atoms with E-state index < -0.39 is 23.3 Å². The summed E-state index contributed by atoms with van der Waals surface area (Å²) in [5, 5.41) is 5.57. The predicted molar refractivity (Wildman–Crippen MR) is 82.6 cm³/mol. The van der Waals surface area contributed by atoms with E-state index in [-0.39, 0.29) is 13.2 Å². The van der Waals surface area contributed by atoms with Crippen LogP contribution < -0.4 is 10.6 Å². The minimum atomic E-state index is -0.689. The van der Waals surface area contributed by atoms with Crippen LogP contribution in [0.1, 0.15) is 31.1 Å². The molecule has 0 fully saturated rings. The van der Waals surface area contributed by atoms with Gasteiger partial charge in [0.1, 0.15) is 6.54 Å². The lowest BCUT2D eigenvalue weighted by Gasteiger charge is -2.20. The average Bonchev–Trinajstić information content (AvgIpc) is 2.41. The highest BCUT2D eigenvalue weighted by molar-refractivity contribution is 6.30. The summed E-state index contributed by atoms with van der Waals surface area (Å²) < 4.78 is 4.77. The van der Waals surface area contributed by atoms with Gasteiger partial charge >= 0.3 is 5.97 Å². The smallest absolute Gasteiger partial charge is 0.325 e. The Kier molecular flexibility index (Phi) is 6.37. The van der Waals surface area contributed by atoms with Gasteiger partial charge in [-0.25, -0.2) is 0 Å². The van der Waals surface area contributed by atoms with Crippen molar-refractivity contribution in [1.29, 1.82) is 0 Å². The molecule has 0 heterocycles. The fourth-order valence-corrected chi connectivity index (χ4v) is 1.63. The van der Waals surface area contributed by atoms with Crippen molar-refractivity contribution in [2.24, 2.45) is 0 Å². The highest BCUT2D eigenvalue weighted by Gasteiger charge is 2.15. The molecule has 120 valence electrons. The summed E-state index contributed by atoms with van der Waals surface area (Å²) in [5.74, 6) is -1.51. The summed E-state index contributed by atoms with van der Waals surface area (Å²) in [6, 6.07) is 6.23. The third-order valence-corrected chi connectivity index (χ3v) is 2.63. The van der Waals surface area contributed by atoms with Crippen molar-refractivity contribution in [2.75, 3.05) is 13.2 Å². The predicted octanol–water partition coefficient (Wildman–Crippen LogP) is 1.53. The van der Waals surface area contributed by atoms with Crippen LogP contribution in [0.25, 0.3) is 0 Å². The number of nitrogens with one attached hydrogen (secondary N) is 2. The molecule has 0 radical (unpaired) electrons. The summed E-state index contributed by atoms with van der Waals surface area (Å²) in [6.45, 7) is 4.76. The van der Waals surface area contributed by atoms with Crippen LogP contribution in [0.2, 0.25) is 5.02 Å². The van der Waals surface area contributed by atoms with Gasteiger partial charge in [-0.1, -0.05) is 11.6 Å². The van der Waals surface area contributed by atoms with Crippen molar-refractivity contribution < 1.29 is 19.1 Å². The van der Waals surface area contributed by atoms with E-state index in [1.807, 2.05) is 20.8 Å². The van der Waals surface area contributed by atoms with Crippen molar-refractivity contribution in [1.82, 2.24) is 10.6 Å². The average molecular weight is 327 g/mol. The number of amides is 2. The van der Waals surface area contributed by atoms with Gasteiger partial charge in [-0.05, 0) is 45.0 Å². The van der Waals surface area contributed by atoms with Gasteiger partial charge in [0.2, 0.25) is 0 Å². The van der Waals surface area contributed by atoms with E-state index in [1.165, 1.54) is 0 Å². The zero-order valence-corrected chi connectivity index (χ0v) is 13.5. The number of halogens is 1. The quantitative estimate of drug-likeness (QED) is 0.804. The molecular weight excluding hydrogens is 308 g/mol. The van der Waals surface area contributed by atoms with E-state index in [0.717, 1.165) is 0 Å².